The lowest BCUT2D eigenvalue weighted by molar-refractivity contribution is 0.350. The van der Waals surface area contributed by atoms with E-state index < -0.39 is 16.6 Å². The topological polar surface area (TPSA) is 9.23 Å². The lowest BCUT2D eigenvalue weighted by Gasteiger charge is -2.54. The predicted molar refractivity (Wildman–Crippen MR) is 140 cm³/mol. The highest BCUT2D eigenvalue weighted by Crippen LogP contribution is 2.56. The molecule has 0 saturated heterocycles. The second kappa shape index (κ2) is 11.3. The average molecular weight is 459 g/mol. The van der Waals surface area contributed by atoms with Gasteiger partial charge in [0.15, 0.2) is 0 Å². The Bertz CT molecular complexity index is 478. The summed E-state index contributed by atoms with van der Waals surface area (Å²) in [7, 11) is -4.08. The van der Waals surface area contributed by atoms with Crippen molar-refractivity contribution in [1.82, 2.24) is 0 Å². The highest BCUT2D eigenvalue weighted by molar-refractivity contribution is 6.94. The zero-order valence-corrected chi connectivity index (χ0v) is 22.4. The van der Waals surface area contributed by atoms with Gasteiger partial charge >= 0.3 is 0 Å². The van der Waals surface area contributed by atoms with Crippen LogP contribution in [0.25, 0.3) is 0 Å². The predicted octanol–water partition coefficient (Wildman–Crippen LogP) is 9.68. The van der Waals surface area contributed by atoms with Gasteiger partial charge in [0.1, 0.15) is 0 Å². The second-order valence-electron chi connectivity index (χ2n) is 11.6. The Morgan fingerprint density at radius 1 is 0.419 bits per heavy atom. The average Bonchev–Trinajstić information content (AvgIpc) is 2.87. The molecule has 0 aliphatic heterocycles. The van der Waals surface area contributed by atoms with Gasteiger partial charge < -0.3 is 4.12 Å². The van der Waals surface area contributed by atoms with Crippen LogP contribution in [0.15, 0.2) is 24.6 Å². The van der Waals surface area contributed by atoms with Crippen molar-refractivity contribution in [3.05, 3.63) is 24.6 Å². The molecule has 0 radical (unpaired) electrons. The van der Waals surface area contributed by atoms with Crippen LogP contribution in [0.4, 0.5) is 0 Å². The minimum absolute atomic E-state index is 0.834. The first-order chi connectivity index (χ1) is 15.2. The van der Waals surface area contributed by atoms with Crippen LogP contribution in [0.3, 0.4) is 0 Å². The first-order valence-corrected chi connectivity index (χ1v) is 18.5. The third-order valence-corrected chi connectivity index (χ3v) is 21.5. The molecule has 0 atom stereocenters. The Hall–Kier alpha value is -0.126. The van der Waals surface area contributed by atoms with Crippen molar-refractivity contribution < 1.29 is 4.12 Å². The molecular weight excluding hydrogens is 408 g/mol. The van der Waals surface area contributed by atoms with E-state index in [2.05, 4.69) is 24.6 Å². The van der Waals surface area contributed by atoms with Crippen LogP contribution in [0.1, 0.15) is 128 Å². The van der Waals surface area contributed by atoms with Gasteiger partial charge in [0.2, 0.25) is 16.6 Å². The summed E-state index contributed by atoms with van der Waals surface area (Å²) in [5.41, 5.74) is 8.36. The lowest BCUT2D eigenvalue weighted by Crippen LogP contribution is -2.60. The monoisotopic (exact) mass is 458 g/mol. The van der Waals surface area contributed by atoms with E-state index in [1.54, 1.807) is 0 Å². The van der Waals surface area contributed by atoms with Gasteiger partial charge in [0, 0.05) is 0 Å². The summed E-state index contributed by atoms with van der Waals surface area (Å²) >= 11 is 0. The summed E-state index contributed by atoms with van der Waals surface area (Å²) in [6, 6.07) is 0. The van der Waals surface area contributed by atoms with E-state index in [0.29, 0.717) is 0 Å². The largest absolute Gasteiger partial charge is 0.448 e. The van der Waals surface area contributed by atoms with Crippen LogP contribution in [0.5, 0.6) is 0 Å². The molecule has 0 unspecified atom stereocenters. The van der Waals surface area contributed by atoms with Gasteiger partial charge in [-0.1, -0.05) is 140 Å². The van der Waals surface area contributed by atoms with Crippen LogP contribution in [-0.4, -0.2) is 16.6 Å². The Balaban J connectivity index is 1.72. The third-order valence-electron chi connectivity index (χ3n) is 9.96. The molecule has 0 amide bonds. The standard InChI is InChI=1S/C28H50OSi2/c1-3-30(25-17-9-5-10-18-25,26-19-11-6-12-20-26)29-31(4-2,27-21-13-7-14-22-27)28-23-15-8-16-24-28/h3-4,25-28H,1-2,5-24H2. The molecule has 0 heterocycles. The molecule has 3 heteroatoms. The van der Waals surface area contributed by atoms with Crippen molar-refractivity contribution >= 4 is 16.6 Å². The fraction of sp³-hybridized carbons (Fsp3) is 0.857. The van der Waals surface area contributed by atoms with Crippen LogP contribution in [0.2, 0.25) is 22.2 Å². The Morgan fingerprint density at radius 2 is 0.645 bits per heavy atom. The molecule has 176 valence electrons. The van der Waals surface area contributed by atoms with Gasteiger partial charge in [-0.05, 0) is 22.2 Å². The maximum absolute atomic E-state index is 8.12. The summed E-state index contributed by atoms with van der Waals surface area (Å²) in [6.45, 7) is 9.23. The summed E-state index contributed by atoms with van der Waals surface area (Å²) < 4.78 is 8.12. The number of hydrogen-bond acceptors (Lipinski definition) is 1. The highest BCUT2D eigenvalue weighted by atomic mass is 28.4. The van der Waals surface area contributed by atoms with Gasteiger partial charge in [-0.3, -0.25) is 0 Å². The molecule has 31 heavy (non-hydrogen) atoms. The van der Waals surface area contributed by atoms with Gasteiger partial charge in [-0.15, -0.1) is 13.2 Å². The molecule has 4 aliphatic rings. The molecule has 0 spiro atoms. The van der Waals surface area contributed by atoms with E-state index in [-0.39, 0.29) is 0 Å². The zero-order valence-electron chi connectivity index (χ0n) is 20.4. The maximum Gasteiger partial charge on any atom is 0.210 e. The molecule has 0 bridgehead atoms. The van der Waals surface area contributed by atoms with E-state index in [1.165, 1.54) is 128 Å². The van der Waals surface area contributed by atoms with Gasteiger partial charge in [-0.25, -0.2) is 0 Å². The summed E-state index contributed by atoms with van der Waals surface area (Å²) in [5, 5.41) is 0. The Morgan fingerprint density at radius 3 is 0.839 bits per heavy atom. The minimum Gasteiger partial charge on any atom is -0.448 e. The van der Waals surface area contributed by atoms with Crippen molar-refractivity contribution in [1.29, 1.82) is 0 Å². The van der Waals surface area contributed by atoms with Crippen molar-refractivity contribution in [3.63, 3.8) is 0 Å². The number of rotatable bonds is 8. The molecule has 0 N–H and O–H groups in total. The molecule has 0 aromatic carbocycles. The molecule has 0 aromatic heterocycles. The Kier molecular flexibility index (Phi) is 8.78. The summed E-state index contributed by atoms with van der Waals surface area (Å²) in [4.78, 5) is 0. The van der Waals surface area contributed by atoms with E-state index in [1.807, 2.05) is 0 Å². The highest BCUT2D eigenvalue weighted by Gasteiger charge is 2.56. The maximum atomic E-state index is 8.12. The minimum atomic E-state index is -2.04. The fourth-order valence-corrected chi connectivity index (χ4v) is 22.0. The van der Waals surface area contributed by atoms with E-state index >= 15 is 0 Å². The van der Waals surface area contributed by atoms with E-state index in [0.717, 1.165) is 22.2 Å². The first kappa shape index (κ1) is 24.0. The third kappa shape index (κ3) is 5.04. The molecule has 4 aliphatic carbocycles. The van der Waals surface area contributed by atoms with E-state index in [4.69, 9.17) is 4.12 Å². The fourth-order valence-electron chi connectivity index (χ4n) is 8.27. The van der Waals surface area contributed by atoms with Crippen molar-refractivity contribution in [2.24, 2.45) is 0 Å². The van der Waals surface area contributed by atoms with Crippen molar-refractivity contribution in [2.45, 2.75) is 151 Å². The summed E-state index contributed by atoms with van der Waals surface area (Å²) in [5.74, 6) is 0. The number of hydrogen-bond donors (Lipinski definition) is 0. The van der Waals surface area contributed by atoms with Crippen molar-refractivity contribution in [2.75, 3.05) is 0 Å². The Labute approximate surface area is 195 Å². The molecule has 4 fully saturated rings. The van der Waals surface area contributed by atoms with E-state index in [9.17, 15) is 0 Å². The van der Waals surface area contributed by atoms with Crippen LogP contribution >= 0.6 is 0 Å². The molecule has 4 saturated carbocycles. The van der Waals surface area contributed by atoms with Gasteiger partial charge in [0.05, 0.1) is 0 Å². The summed E-state index contributed by atoms with van der Waals surface area (Å²) in [6.07, 6.45) is 28.6. The molecule has 4 rings (SSSR count). The molecule has 1 nitrogen and oxygen atoms in total. The quantitative estimate of drug-likeness (QED) is 0.329. The van der Waals surface area contributed by atoms with Crippen molar-refractivity contribution in [3.8, 4) is 0 Å². The SMILES string of the molecule is C=C[Si](O[Si](C=C)(C1CCCCC1)C1CCCCC1)(C1CCCCC1)C1CCCCC1. The van der Waals surface area contributed by atoms with Crippen LogP contribution < -0.4 is 0 Å². The zero-order chi connectivity index (χ0) is 21.6. The van der Waals surface area contributed by atoms with Gasteiger partial charge in [0.25, 0.3) is 0 Å². The smallest absolute Gasteiger partial charge is 0.210 e. The van der Waals surface area contributed by atoms with Gasteiger partial charge in [-0.2, -0.15) is 0 Å². The molecule has 0 aromatic rings. The first-order valence-electron chi connectivity index (χ1n) is 14.2. The van der Waals surface area contributed by atoms with Crippen LogP contribution in [0, 0.1) is 0 Å². The van der Waals surface area contributed by atoms with Crippen LogP contribution in [-0.2, 0) is 4.12 Å². The second-order valence-corrected chi connectivity index (χ2v) is 19.9. The lowest BCUT2D eigenvalue weighted by atomic mass is 9.99. The molecular formula is C28H50OSi2. The normalized spacial score (nSPS) is 26.6.